The number of nitrogens with zero attached hydrogens (tertiary/aromatic N) is 7. The maximum atomic E-state index is 12.7. The summed E-state index contributed by atoms with van der Waals surface area (Å²) in [6.07, 6.45) is 3.32. The van der Waals surface area contributed by atoms with E-state index in [0.717, 1.165) is 83.2 Å². The van der Waals surface area contributed by atoms with E-state index in [2.05, 4.69) is 65.6 Å². The van der Waals surface area contributed by atoms with Crippen molar-refractivity contribution in [2.45, 2.75) is 19.4 Å². The Balaban J connectivity index is 0.996. The first-order valence-electron chi connectivity index (χ1n) is 11.9. The molecule has 0 atom stereocenters. The van der Waals surface area contributed by atoms with E-state index in [9.17, 15) is 4.79 Å². The first-order valence-corrected chi connectivity index (χ1v) is 11.9. The van der Waals surface area contributed by atoms with Gasteiger partial charge < -0.3 is 10.2 Å². The van der Waals surface area contributed by atoms with E-state index in [1.807, 2.05) is 12.1 Å². The summed E-state index contributed by atoms with van der Waals surface area (Å²) < 4.78 is 1.69. The number of nitrogens with one attached hydrogen (secondary N) is 1. The van der Waals surface area contributed by atoms with Crippen LogP contribution in [0.25, 0.3) is 5.65 Å². The normalized spacial score (nSPS) is 18.6. The molecule has 2 aromatic heterocycles. The van der Waals surface area contributed by atoms with E-state index in [-0.39, 0.29) is 11.8 Å². The molecule has 1 amide bonds. The van der Waals surface area contributed by atoms with Gasteiger partial charge in [-0.2, -0.15) is 4.52 Å². The van der Waals surface area contributed by atoms with Crippen LogP contribution in [0.1, 0.15) is 18.4 Å². The minimum absolute atomic E-state index is 0.0858. The predicted octanol–water partition coefficient (Wildman–Crippen LogP) is 1.27. The molecular formula is C24H32N8O. The average Bonchev–Trinajstić information content (AvgIpc) is 3.34. The minimum atomic E-state index is 0.0858. The molecule has 174 valence electrons. The van der Waals surface area contributed by atoms with Gasteiger partial charge in [0.2, 0.25) is 5.91 Å². The number of rotatable bonds is 7. The molecule has 1 aromatic carbocycles. The Kier molecular flexibility index (Phi) is 6.78. The summed E-state index contributed by atoms with van der Waals surface area (Å²) in [5.74, 6) is 1.19. The summed E-state index contributed by atoms with van der Waals surface area (Å²) >= 11 is 0. The summed E-state index contributed by atoms with van der Waals surface area (Å²) in [4.78, 5) is 19.9. The zero-order valence-electron chi connectivity index (χ0n) is 19.0. The second-order valence-corrected chi connectivity index (χ2v) is 8.98. The Morgan fingerprint density at radius 2 is 1.70 bits per heavy atom. The fourth-order valence-electron chi connectivity index (χ4n) is 4.75. The third kappa shape index (κ3) is 5.48. The third-order valence-corrected chi connectivity index (χ3v) is 6.78. The van der Waals surface area contributed by atoms with E-state index in [1.165, 1.54) is 5.56 Å². The topological polar surface area (TPSA) is 81.9 Å². The van der Waals surface area contributed by atoms with Crippen LogP contribution < -0.4 is 10.2 Å². The Morgan fingerprint density at radius 1 is 0.939 bits per heavy atom. The van der Waals surface area contributed by atoms with Gasteiger partial charge in [-0.3, -0.25) is 14.6 Å². The van der Waals surface area contributed by atoms with Crippen LogP contribution in [0.5, 0.6) is 0 Å². The number of hydrogen-bond donors (Lipinski definition) is 1. The highest BCUT2D eigenvalue weighted by atomic mass is 16.1. The molecule has 2 aliphatic rings. The molecule has 3 aromatic rings. The summed E-state index contributed by atoms with van der Waals surface area (Å²) in [7, 11) is 0. The zero-order chi connectivity index (χ0) is 22.5. The molecule has 0 saturated carbocycles. The average molecular weight is 449 g/mol. The summed E-state index contributed by atoms with van der Waals surface area (Å²) in [5.41, 5.74) is 2.12. The van der Waals surface area contributed by atoms with Gasteiger partial charge in [0, 0.05) is 64.8 Å². The summed E-state index contributed by atoms with van der Waals surface area (Å²) in [6, 6.07) is 14.6. The molecule has 9 nitrogen and oxygen atoms in total. The SMILES string of the molecule is O=C(NCCN1CCN(Cc2ccccc2)CC1)C1CCN(c2ccc3nncn3n2)CC1. The van der Waals surface area contributed by atoms with Crippen molar-refractivity contribution in [3.63, 3.8) is 0 Å². The van der Waals surface area contributed by atoms with Gasteiger partial charge in [-0.15, -0.1) is 15.3 Å². The van der Waals surface area contributed by atoms with Gasteiger partial charge in [-0.1, -0.05) is 30.3 Å². The fraction of sp³-hybridized carbons (Fsp3) is 0.500. The Bertz CT molecular complexity index is 1040. The highest BCUT2D eigenvalue weighted by Crippen LogP contribution is 2.22. The van der Waals surface area contributed by atoms with Crippen LogP contribution in [0.15, 0.2) is 48.8 Å². The number of anilines is 1. The molecule has 0 radical (unpaired) electrons. The van der Waals surface area contributed by atoms with Crippen molar-refractivity contribution in [3.8, 4) is 0 Å². The van der Waals surface area contributed by atoms with E-state index >= 15 is 0 Å². The van der Waals surface area contributed by atoms with E-state index in [0.29, 0.717) is 0 Å². The summed E-state index contributed by atoms with van der Waals surface area (Å²) in [6.45, 7) is 8.62. The lowest BCUT2D eigenvalue weighted by Crippen LogP contribution is -2.48. The van der Waals surface area contributed by atoms with Crippen molar-refractivity contribution in [3.05, 3.63) is 54.4 Å². The van der Waals surface area contributed by atoms with Gasteiger partial charge in [-0.05, 0) is 30.5 Å². The molecule has 0 aliphatic carbocycles. The number of hydrogen-bond acceptors (Lipinski definition) is 7. The molecule has 2 saturated heterocycles. The molecule has 2 aliphatic heterocycles. The van der Waals surface area contributed by atoms with Crippen molar-refractivity contribution in [1.29, 1.82) is 0 Å². The number of amides is 1. The first kappa shape index (κ1) is 21.8. The van der Waals surface area contributed by atoms with Crippen LogP contribution in [0.3, 0.4) is 0 Å². The quantitative estimate of drug-likeness (QED) is 0.583. The number of benzene rings is 1. The molecule has 0 unspecified atom stereocenters. The Morgan fingerprint density at radius 3 is 2.48 bits per heavy atom. The smallest absolute Gasteiger partial charge is 0.223 e. The summed E-state index contributed by atoms with van der Waals surface area (Å²) in [5, 5.41) is 15.6. The number of fused-ring (bicyclic) bond motifs is 1. The van der Waals surface area contributed by atoms with Crippen molar-refractivity contribution in [2.75, 3.05) is 57.3 Å². The molecular weight excluding hydrogens is 416 g/mol. The Labute approximate surface area is 194 Å². The molecule has 0 bridgehead atoms. The molecule has 0 spiro atoms. The number of carbonyl (C=O) groups excluding carboxylic acids is 1. The first-order chi connectivity index (χ1) is 16.2. The fourth-order valence-corrected chi connectivity index (χ4v) is 4.75. The molecule has 33 heavy (non-hydrogen) atoms. The van der Waals surface area contributed by atoms with Crippen LogP contribution in [0, 0.1) is 5.92 Å². The largest absolute Gasteiger partial charge is 0.355 e. The van der Waals surface area contributed by atoms with Crippen molar-refractivity contribution < 1.29 is 4.79 Å². The highest BCUT2D eigenvalue weighted by molar-refractivity contribution is 5.79. The number of piperidine rings is 1. The monoisotopic (exact) mass is 448 g/mol. The highest BCUT2D eigenvalue weighted by Gasteiger charge is 2.26. The number of carbonyl (C=O) groups is 1. The molecule has 1 N–H and O–H groups in total. The molecule has 4 heterocycles. The van der Waals surface area contributed by atoms with Gasteiger partial charge in [0.1, 0.15) is 12.1 Å². The lowest BCUT2D eigenvalue weighted by atomic mass is 9.96. The van der Waals surface area contributed by atoms with E-state index < -0.39 is 0 Å². The molecule has 2 fully saturated rings. The molecule has 9 heteroatoms. The second kappa shape index (κ2) is 10.3. The van der Waals surface area contributed by atoms with E-state index in [1.54, 1.807) is 10.8 Å². The predicted molar refractivity (Wildman–Crippen MR) is 127 cm³/mol. The van der Waals surface area contributed by atoms with Gasteiger partial charge in [0.05, 0.1) is 0 Å². The van der Waals surface area contributed by atoms with Crippen LogP contribution >= 0.6 is 0 Å². The minimum Gasteiger partial charge on any atom is -0.355 e. The molecule has 5 rings (SSSR count). The van der Waals surface area contributed by atoms with Gasteiger partial charge in [-0.25, -0.2) is 0 Å². The maximum absolute atomic E-state index is 12.7. The van der Waals surface area contributed by atoms with Crippen LogP contribution in [0.4, 0.5) is 5.82 Å². The van der Waals surface area contributed by atoms with Crippen molar-refractivity contribution >= 4 is 17.4 Å². The van der Waals surface area contributed by atoms with Crippen LogP contribution in [-0.4, -0.2) is 87.9 Å². The van der Waals surface area contributed by atoms with Gasteiger partial charge in [0.15, 0.2) is 5.65 Å². The lowest BCUT2D eigenvalue weighted by Gasteiger charge is -2.35. The number of aromatic nitrogens is 4. The van der Waals surface area contributed by atoms with Gasteiger partial charge >= 0.3 is 0 Å². The lowest BCUT2D eigenvalue weighted by molar-refractivity contribution is -0.125. The standard InChI is InChI=1S/C24H32N8O/c33-24(21-8-11-31(12-9-21)23-7-6-22-27-26-19-32(22)28-23)25-10-13-29-14-16-30(17-15-29)18-20-4-2-1-3-5-20/h1-7,19,21H,8-18H2,(H,25,33). The van der Waals surface area contributed by atoms with E-state index in [4.69, 9.17) is 0 Å². The maximum Gasteiger partial charge on any atom is 0.223 e. The third-order valence-electron chi connectivity index (χ3n) is 6.78. The van der Waals surface area contributed by atoms with Crippen LogP contribution in [0.2, 0.25) is 0 Å². The zero-order valence-corrected chi connectivity index (χ0v) is 19.0. The van der Waals surface area contributed by atoms with Gasteiger partial charge in [0.25, 0.3) is 0 Å². The second-order valence-electron chi connectivity index (χ2n) is 8.98. The van der Waals surface area contributed by atoms with Crippen molar-refractivity contribution in [1.82, 2.24) is 34.9 Å². The Hall–Kier alpha value is -3.04. The van der Waals surface area contributed by atoms with Crippen LogP contribution in [-0.2, 0) is 11.3 Å². The van der Waals surface area contributed by atoms with Crippen molar-refractivity contribution in [2.24, 2.45) is 5.92 Å². The number of piperazine rings is 1.